The first-order chi connectivity index (χ1) is 17.5. The van der Waals surface area contributed by atoms with Crippen molar-refractivity contribution >= 4 is 15.9 Å². The Bertz CT molecular complexity index is 1240. The van der Waals surface area contributed by atoms with Crippen molar-refractivity contribution in [2.75, 3.05) is 26.7 Å². The molecule has 1 N–H and O–H groups in total. The molecule has 3 rings (SSSR count). The number of rotatable bonds is 7. The Morgan fingerprint density at radius 2 is 2.03 bits per heavy atom. The first-order valence-corrected chi connectivity index (χ1v) is 14.0. The van der Waals surface area contributed by atoms with Crippen molar-refractivity contribution in [3.05, 3.63) is 53.9 Å². The van der Waals surface area contributed by atoms with Gasteiger partial charge in [-0.15, -0.1) is 0 Å². The summed E-state index contributed by atoms with van der Waals surface area (Å²) in [5.41, 5.74) is 1.33. The van der Waals surface area contributed by atoms with Crippen molar-refractivity contribution in [2.24, 2.45) is 11.8 Å². The number of sulfonamides is 1. The Morgan fingerprint density at radius 1 is 1.27 bits per heavy atom. The second-order valence-electron chi connectivity index (χ2n) is 10.1. The zero-order valence-corrected chi connectivity index (χ0v) is 23.0. The number of hydrogen-bond acceptors (Lipinski definition) is 6. The Labute approximate surface area is 220 Å². The molecular weight excluding hydrogens is 490 g/mol. The Hall–Kier alpha value is -2.93. The van der Waals surface area contributed by atoms with Crippen LogP contribution in [0.2, 0.25) is 0 Å². The van der Waals surface area contributed by atoms with E-state index in [1.165, 1.54) is 10.4 Å². The predicted octanol–water partition coefficient (Wildman–Crippen LogP) is 2.95. The van der Waals surface area contributed by atoms with E-state index in [2.05, 4.69) is 30.7 Å². The number of likely N-dealkylation sites (N-methyl/N-ethyl adjacent to an activating group) is 1. The second-order valence-corrected chi connectivity index (χ2v) is 11.9. The van der Waals surface area contributed by atoms with E-state index >= 15 is 0 Å². The molecule has 2 aromatic rings. The van der Waals surface area contributed by atoms with Crippen LogP contribution in [0.1, 0.15) is 45.4 Å². The molecule has 2 heterocycles. The maximum Gasteiger partial charge on any atom is 0.247 e. The first-order valence-electron chi connectivity index (χ1n) is 12.6. The largest absolute Gasteiger partial charge is 0.487 e. The highest BCUT2D eigenvalue weighted by Crippen LogP contribution is 2.34. The summed E-state index contributed by atoms with van der Waals surface area (Å²) < 4.78 is 34.9. The molecule has 1 aliphatic heterocycles. The standard InChI is InChI=1S/C28H37N3O5S/c1-20(2)9-8-10-23-12-13-27-25(15-23)36-26(21(3)17-31(22(4)19-32)37(27,34)35)18-30(5)28(33)16-24-11-6-7-14-29-24/h6-7,11-15,20-22,26,32H,9,16-19H2,1-5H3/t21-,22+,26+/m0/s1. The molecule has 0 saturated heterocycles. The molecule has 0 aliphatic carbocycles. The Kier molecular flexibility index (Phi) is 9.71. The molecule has 9 heteroatoms. The molecular formula is C28H37N3O5S. The van der Waals surface area contributed by atoms with E-state index in [0.29, 0.717) is 17.2 Å². The van der Waals surface area contributed by atoms with Crippen LogP contribution >= 0.6 is 0 Å². The van der Waals surface area contributed by atoms with Gasteiger partial charge in [0.25, 0.3) is 0 Å². The lowest BCUT2D eigenvalue weighted by molar-refractivity contribution is -0.130. The van der Waals surface area contributed by atoms with Crippen LogP contribution < -0.4 is 4.74 Å². The summed E-state index contributed by atoms with van der Waals surface area (Å²) >= 11 is 0. The first kappa shape index (κ1) is 28.6. The fourth-order valence-corrected chi connectivity index (χ4v) is 5.87. The molecule has 0 unspecified atom stereocenters. The van der Waals surface area contributed by atoms with Gasteiger partial charge in [0.05, 0.1) is 19.6 Å². The van der Waals surface area contributed by atoms with Gasteiger partial charge in [0.2, 0.25) is 15.9 Å². The van der Waals surface area contributed by atoms with Gasteiger partial charge in [-0.25, -0.2) is 8.42 Å². The number of ether oxygens (including phenoxy) is 1. The third-order valence-corrected chi connectivity index (χ3v) is 8.37. The molecule has 37 heavy (non-hydrogen) atoms. The molecule has 0 fully saturated rings. The van der Waals surface area contributed by atoms with Crippen molar-refractivity contribution < 1.29 is 23.1 Å². The monoisotopic (exact) mass is 527 g/mol. The van der Waals surface area contributed by atoms with E-state index in [9.17, 15) is 18.3 Å². The third-order valence-electron chi connectivity index (χ3n) is 6.35. The van der Waals surface area contributed by atoms with Crippen molar-refractivity contribution in [2.45, 2.75) is 57.6 Å². The number of aromatic nitrogens is 1. The molecule has 1 aromatic carbocycles. The summed E-state index contributed by atoms with van der Waals surface area (Å²) in [6, 6.07) is 9.68. The highest BCUT2D eigenvalue weighted by Gasteiger charge is 2.38. The number of carbonyl (C=O) groups is 1. The molecule has 200 valence electrons. The van der Waals surface area contributed by atoms with E-state index in [-0.39, 0.29) is 48.6 Å². The van der Waals surface area contributed by atoms with Crippen LogP contribution in [-0.4, -0.2) is 72.5 Å². The maximum absolute atomic E-state index is 13.6. The summed E-state index contributed by atoms with van der Waals surface area (Å²) in [5.74, 6) is 6.47. The minimum atomic E-state index is -3.94. The van der Waals surface area contributed by atoms with Crippen LogP contribution in [-0.2, 0) is 21.2 Å². The van der Waals surface area contributed by atoms with Gasteiger partial charge in [-0.3, -0.25) is 9.78 Å². The Morgan fingerprint density at radius 3 is 2.68 bits per heavy atom. The third kappa shape index (κ3) is 7.31. The smallest absolute Gasteiger partial charge is 0.247 e. The fourth-order valence-electron chi connectivity index (χ4n) is 4.04. The molecule has 0 bridgehead atoms. The van der Waals surface area contributed by atoms with E-state index in [4.69, 9.17) is 4.74 Å². The number of aliphatic hydroxyl groups excluding tert-OH is 1. The molecule has 1 amide bonds. The van der Waals surface area contributed by atoms with Crippen molar-refractivity contribution in [3.8, 4) is 17.6 Å². The van der Waals surface area contributed by atoms with Gasteiger partial charge in [-0.1, -0.05) is 38.7 Å². The number of benzene rings is 1. The highest BCUT2D eigenvalue weighted by atomic mass is 32.2. The van der Waals surface area contributed by atoms with Crippen LogP contribution in [0.3, 0.4) is 0 Å². The van der Waals surface area contributed by atoms with Crippen molar-refractivity contribution in [1.29, 1.82) is 0 Å². The average Bonchev–Trinajstić information content (AvgIpc) is 2.86. The minimum absolute atomic E-state index is 0.0292. The lowest BCUT2D eigenvalue weighted by Crippen LogP contribution is -2.50. The number of hydrogen-bond donors (Lipinski definition) is 1. The van der Waals surface area contributed by atoms with E-state index in [0.717, 1.165) is 6.42 Å². The summed E-state index contributed by atoms with van der Waals surface area (Å²) in [5, 5.41) is 9.81. The van der Waals surface area contributed by atoms with Gasteiger partial charge in [0, 0.05) is 49.4 Å². The zero-order chi connectivity index (χ0) is 27.2. The zero-order valence-electron chi connectivity index (χ0n) is 22.2. The normalized spacial score (nSPS) is 20.0. The summed E-state index contributed by atoms with van der Waals surface area (Å²) in [4.78, 5) is 18.8. The minimum Gasteiger partial charge on any atom is -0.487 e. The van der Waals surface area contributed by atoms with Crippen LogP contribution in [0.4, 0.5) is 0 Å². The van der Waals surface area contributed by atoms with Gasteiger partial charge in [0.15, 0.2) is 0 Å². The van der Waals surface area contributed by atoms with Gasteiger partial charge in [0.1, 0.15) is 16.7 Å². The lowest BCUT2D eigenvalue weighted by atomic mass is 10.0. The summed E-state index contributed by atoms with van der Waals surface area (Å²) in [6.07, 6.45) is 2.05. The quantitative estimate of drug-likeness (QED) is 0.556. The van der Waals surface area contributed by atoms with Gasteiger partial charge in [-0.05, 0) is 43.2 Å². The molecule has 1 aliphatic rings. The van der Waals surface area contributed by atoms with Gasteiger partial charge >= 0.3 is 0 Å². The second kappa shape index (κ2) is 12.5. The number of carbonyl (C=O) groups excluding carboxylic acids is 1. The van der Waals surface area contributed by atoms with Crippen LogP contribution in [0.25, 0.3) is 0 Å². The Balaban J connectivity index is 1.95. The van der Waals surface area contributed by atoms with Crippen LogP contribution in [0.15, 0.2) is 47.5 Å². The van der Waals surface area contributed by atoms with Gasteiger partial charge in [-0.2, -0.15) is 4.31 Å². The molecule has 0 saturated carbocycles. The topological polar surface area (TPSA) is 100 Å². The van der Waals surface area contributed by atoms with Gasteiger partial charge < -0.3 is 14.7 Å². The van der Waals surface area contributed by atoms with E-state index in [1.807, 2.05) is 13.0 Å². The highest BCUT2D eigenvalue weighted by molar-refractivity contribution is 7.89. The SMILES string of the molecule is CC(C)CC#Cc1ccc2c(c1)O[C@H](CN(C)C(=O)Cc1ccccn1)[C@@H](C)CN([C@H](C)CO)S2(=O)=O. The number of nitrogens with zero attached hydrogens (tertiary/aromatic N) is 3. The number of amides is 1. The molecule has 8 nitrogen and oxygen atoms in total. The molecule has 0 spiro atoms. The van der Waals surface area contributed by atoms with E-state index in [1.54, 1.807) is 49.3 Å². The van der Waals surface area contributed by atoms with Crippen LogP contribution in [0, 0.1) is 23.7 Å². The van der Waals surface area contributed by atoms with Crippen molar-refractivity contribution in [1.82, 2.24) is 14.2 Å². The number of fused-ring (bicyclic) bond motifs is 1. The average molecular weight is 528 g/mol. The summed E-state index contributed by atoms with van der Waals surface area (Å²) in [6.45, 7) is 7.83. The molecule has 0 radical (unpaired) electrons. The fraction of sp³-hybridized carbons (Fsp3) is 0.500. The maximum atomic E-state index is 13.6. The van der Waals surface area contributed by atoms with E-state index < -0.39 is 22.2 Å². The molecule has 1 aromatic heterocycles. The number of aliphatic hydroxyl groups is 1. The number of pyridine rings is 1. The van der Waals surface area contributed by atoms with Crippen LogP contribution in [0.5, 0.6) is 5.75 Å². The van der Waals surface area contributed by atoms with Crippen molar-refractivity contribution in [3.63, 3.8) is 0 Å². The predicted molar refractivity (Wildman–Crippen MR) is 142 cm³/mol. The molecule has 3 atom stereocenters. The lowest BCUT2D eigenvalue weighted by Gasteiger charge is -2.37. The summed E-state index contributed by atoms with van der Waals surface area (Å²) in [7, 11) is -2.23.